The van der Waals surface area contributed by atoms with Crippen LogP contribution in [0.5, 0.6) is 0 Å². The van der Waals surface area contributed by atoms with Crippen LogP contribution < -0.4 is 15.4 Å². The Balaban J connectivity index is 1.26. The number of sulfonamides is 1. The summed E-state index contributed by atoms with van der Waals surface area (Å²) in [4.78, 5) is 69.9. The highest BCUT2D eigenvalue weighted by molar-refractivity contribution is 7.91. The first kappa shape index (κ1) is 37.6. The van der Waals surface area contributed by atoms with Gasteiger partial charge in [0.2, 0.25) is 27.7 Å². The van der Waals surface area contributed by atoms with Gasteiger partial charge in [-0.25, -0.2) is 13.2 Å². The molecule has 52 heavy (non-hydrogen) atoms. The summed E-state index contributed by atoms with van der Waals surface area (Å²) in [5.74, 6) is -4.56. The van der Waals surface area contributed by atoms with E-state index < -0.39 is 93.8 Å². The van der Waals surface area contributed by atoms with Gasteiger partial charge in [-0.3, -0.25) is 28.8 Å². The lowest BCUT2D eigenvalue weighted by atomic mass is 9.98. The van der Waals surface area contributed by atoms with Crippen LogP contribution in [0.3, 0.4) is 0 Å². The zero-order valence-electron chi connectivity index (χ0n) is 28.7. The summed E-state index contributed by atoms with van der Waals surface area (Å²) in [6.07, 6.45) is -2.29. The van der Waals surface area contributed by atoms with Crippen LogP contribution >= 0.6 is 0 Å². The lowest BCUT2D eigenvalue weighted by Gasteiger charge is -2.30. The minimum atomic E-state index is -4.87. The molecule has 1 saturated heterocycles. The number of hydrogen-bond donors (Lipinski definition) is 3. The number of carbonyl (C=O) groups excluding carboxylic acids is 5. The SMILES string of the molecule is C=C[C@H]1C[C@]1(NC(=O)[C@@H]1C[C@@H]2CN1C(=O)[C@H](CC(F)(F)F)NC(=O)CCCCCCCc1cccc3c1CN(C3)C(=O)O2)C(=O)NS(=O)(=O)C1CC1. The summed E-state index contributed by atoms with van der Waals surface area (Å²) < 4.78 is 74.4. The third-order valence-electron chi connectivity index (χ3n) is 10.6. The minimum Gasteiger partial charge on any atom is -0.444 e. The Morgan fingerprint density at radius 1 is 1.04 bits per heavy atom. The molecule has 0 radical (unpaired) electrons. The van der Waals surface area contributed by atoms with Gasteiger partial charge in [-0.2, -0.15) is 13.2 Å². The minimum absolute atomic E-state index is 0.00238. The Hall–Kier alpha value is -4.15. The fourth-order valence-corrected chi connectivity index (χ4v) is 8.86. The molecular weight excluding hydrogens is 707 g/mol. The van der Waals surface area contributed by atoms with Crippen LogP contribution in [0.2, 0.25) is 0 Å². The molecule has 5 amide bonds. The third kappa shape index (κ3) is 8.39. The molecule has 3 aliphatic heterocycles. The first-order chi connectivity index (χ1) is 24.6. The average molecular weight is 752 g/mol. The van der Waals surface area contributed by atoms with Crippen molar-refractivity contribution in [3.63, 3.8) is 0 Å². The van der Waals surface area contributed by atoms with E-state index in [0.29, 0.717) is 25.7 Å². The van der Waals surface area contributed by atoms with Gasteiger partial charge in [-0.05, 0) is 55.2 Å². The molecule has 0 unspecified atom stereocenters. The Bertz CT molecular complexity index is 1730. The maximum Gasteiger partial charge on any atom is 0.410 e. The van der Waals surface area contributed by atoms with Crippen molar-refractivity contribution < 1.29 is 50.3 Å². The Morgan fingerprint density at radius 2 is 1.73 bits per heavy atom. The molecule has 3 N–H and O–H groups in total. The fourth-order valence-electron chi connectivity index (χ4n) is 7.50. The molecule has 2 saturated carbocycles. The average Bonchev–Trinajstić information content (AvgIpc) is 3.96. The molecule has 4 bridgehead atoms. The van der Waals surface area contributed by atoms with Gasteiger partial charge in [-0.15, -0.1) is 6.58 Å². The number of ether oxygens (including phenoxy) is 1. The van der Waals surface area contributed by atoms with Gasteiger partial charge < -0.3 is 20.3 Å². The third-order valence-corrected chi connectivity index (χ3v) is 12.4. The largest absolute Gasteiger partial charge is 0.444 e. The molecule has 1 aromatic rings. The highest BCUT2D eigenvalue weighted by atomic mass is 32.2. The Kier molecular flexibility index (Phi) is 10.6. The second-order valence-corrected chi connectivity index (χ2v) is 16.5. The number of nitrogens with one attached hydrogen (secondary N) is 3. The van der Waals surface area contributed by atoms with Crippen molar-refractivity contribution in [1.29, 1.82) is 0 Å². The number of fused-ring (bicyclic) bond motifs is 3. The van der Waals surface area contributed by atoms with E-state index in [1.165, 1.54) is 11.0 Å². The predicted octanol–water partition coefficient (Wildman–Crippen LogP) is 3.11. The van der Waals surface area contributed by atoms with E-state index in [-0.39, 0.29) is 32.4 Å². The number of alkyl halides is 3. The number of carbonyl (C=O) groups is 5. The monoisotopic (exact) mass is 751 g/mol. The van der Waals surface area contributed by atoms with Gasteiger partial charge >= 0.3 is 12.3 Å². The topological polar surface area (TPSA) is 171 Å². The van der Waals surface area contributed by atoms with Crippen molar-refractivity contribution in [2.24, 2.45) is 5.92 Å². The second-order valence-electron chi connectivity index (χ2n) is 14.5. The van der Waals surface area contributed by atoms with Crippen LogP contribution in [0.1, 0.15) is 87.3 Å². The normalized spacial score (nSPS) is 28.8. The molecule has 5 aliphatic rings. The molecule has 284 valence electrons. The van der Waals surface area contributed by atoms with Crippen LogP contribution in [-0.4, -0.2) is 89.6 Å². The zero-order chi connectivity index (χ0) is 37.4. The van der Waals surface area contributed by atoms with Gasteiger partial charge in [-0.1, -0.05) is 43.5 Å². The zero-order valence-corrected chi connectivity index (χ0v) is 29.5. The van der Waals surface area contributed by atoms with E-state index in [4.69, 9.17) is 4.74 Å². The molecular formula is C35H44F3N5O8S. The van der Waals surface area contributed by atoms with Crippen LogP contribution in [0.15, 0.2) is 30.9 Å². The lowest BCUT2D eigenvalue weighted by Crippen LogP contribution is -2.58. The van der Waals surface area contributed by atoms with Crippen molar-refractivity contribution in [2.45, 2.75) is 125 Å². The van der Waals surface area contributed by atoms with Crippen molar-refractivity contribution in [3.05, 3.63) is 47.5 Å². The van der Waals surface area contributed by atoms with Gasteiger partial charge in [0.25, 0.3) is 5.91 Å². The second kappa shape index (κ2) is 14.7. The first-order valence-electron chi connectivity index (χ1n) is 17.8. The van der Waals surface area contributed by atoms with Crippen LogP contribution in [-0.2, 0) is 53.4 Å². The van der Waals surface area contributed by atoms with Crippen molar-refractivity contribution in [3.8, 4) is 0 Å². The molecule has 3 heterocycles. The molecule has 0 spiro atoms. The number of halogens is 3. The van der Waals surface area contributed by atoms with E-state index in [1.54, 1.807) is 0 Å². The number of rotatable bonds is 7. The summed E-state index contributed by atoms with van der Waals surface area (Å²) in [6.45, 7) is 3.76. The molecule has 1 aromatic carbocycles. The van der Waals surface area contributed by atoms with Crippen LogP contribution in [0.25, 0.3) is 0 Å². The predicted molar refractivity (Wildman–Crippen MR) is 179 cm³/mol. The Morgan fingerprint density at radius 3 is 2.40 bits per heavy atom. The van der Waals surface area contributed by atoms with Gasteiger partial charge in [0.15, 0.2) is 0 Å². The molecule has 17 heteroatoms. The van der Waals surface area contributed by atoms with Crippen molar-refractivity contribution in [1.82, 2.24) is 25.2 Å². The molecule has 0 aromatic heterocycles. The van der Waals surface area contributed by atoms with Crippen molar-refractivity contribution >= 4 is 39.7 Å². The number of aryl methyl sites for hydroxylation is 1. The number of hydrogen-bond acceptors (Lipinski definition) is 8. The fraction of sp³-hybridized carbons (Fsp3) is 0.629. The van der Waals surface area contributed by atoms with E-state index in [9.17, 15) is 45.6 Å². The summed E-state index contributed by atoms with van der Waals surface area (Å²) in [6, 6.07) is 2.29. The summed E-state index contributed by atoms with van der Waals surface area (Å²) >= 11 is 0. The maximum atomic E-state index is 14.0. The smallest absolute Gasteiger partial charge is 0.410 e. The molecule has 13 nitrogen and oxygen atoms in total. The van der Waals surface area contributed by atoms with Gasteiger partial charge in [0.05, 0.1) is 18.2 Å². The van der Waals surface area contributed by atoms with Gasteiger partial charge in [0, 0.05) is 31.8 Å². The van der Waals surface area contributed by atoms with Crippen LogP contribution in [0.4, 0.5) is 18.0 Å². The lowest BCUT2D eigenvalue weighted by molar-refractivity contribution is -0.157. The standard InChI is InChI=1S/C35H44F3N5O8S/c1-2-23-16-34(23,32(47)41-52(49,50)25-13-14-25)40-30(45)28-15-24-19-43(28)31(46)27(17-35(36,37)38)39-29(44)12-7-5-3-4-6-9-21-10-8-11-22-18-42(20-26(21)22)33(48)51-24/h2,8,10-11,23-25,27-28H,1,3-7,9,12-20H2,(H,39,44)(H,40,45)(H,41,47)/t23-,24+,27-,28-,34+/m0/s1. The molecule has 3 fully saturated rings. The Labute approximate surface area is 300 Å². The molecule has 6 rings (SSSR count). The summed E-state index contributed by atoms with van der Waals surface area (Å²) in [5.41, 5.74) is 1.38. The highest BCUT2D eigenvalue weighted by Gasteiger charge is 2.62. The number of benzene rings is 1. The van der Waals surface area contributed by atoms with Crippen LogP contribution in [0, 0.1) is 5.92 Å². The maximum absolute atomic E-state index is 14.0. The molecule has 5 atom stereocenters. The van der Waals surface area contributed by atoms with E-state index in [1.807, 2.05) is 22.9 Å². The van der Waals surface area contributed by atoms with Gasteiger partial charge in [0.1, 0.15) is 23.7 Å². The quantitative estimate of drug-likeness (QED) is 0.357. The van der Waals surface area contributed by atoms with E-state index in [0.717, 1.165) is 47.3 Å². The first-order valence-corrected chi connectivity index (χ1v) is 19.4. The highest BCUT2D eigenvalue weighted by Crippen LogP contribution is 2.45. The van der Waals surface area contributed by atoms with Crippen molar-refractivity contribution in [2.75, 3.05) is 6.54 Å². The summed E-state index contributed by atoms with van der Waals surface area (Å²) in [5, 5.41) is 4.05. The van der Waals surface area contributed by atoms with E-state index in [2.05, 4.69) is 17.2 Å². The summed E-state index contributed by atoms with van der Waals surface area (Å²) in [7, 11) is -4.00. The number of amides is 5. The van der Waals surface area contributed by atoms with E-state index >= 15 is 0 Å². The molecule has 2 aliphatic carbocycles. The number of nitrogens with zero attached hydrogens (tertiary/aromatic N) is 2.